The molecule has 0 saturated carbocycles. The maximum Gasteiger partial charge on any atom is 0.323 e. The van der Waals surface area contributed by atoms with Crippen LogP contribution in [0.4, 0.5) is 0 Å². The molecule has 0 bridgehead atoms. The van der Waals surface area contributed by atoms with Gasteiger partial charge in [-0.15, -0.1) is 0 Å². The highest BCUT2D eigenvalue weighted by Crippen LogP contribution is 2.33. The molecule has 2 rings (SSSR count). The van der Waals surface area contributed by atoms with Gasteiger partial charge in [-0.1, -0.05) is 6.07 Å². The van der Waals surface area contributed by atoms with Crippen molar-refractivity contribution < 1.29 is 19.0 Å². The number of hydrogen-bond donors (Lipinski definition) is 0. The summed E-state index contributed by atoms with van der Waals surface area (Å²) in [6.45, 7) is 0.206. The fourth-order valence-corrected chi connectivity index (χ4v) is 1.63. The summed E-state index contributed by atoms with van der Waals surface area (Å²) < 4.78 is 14.9. The second kappa shape index (κ2) is 4.74. The van der Waals surface area contributed by atoms with Gasteiger partial charge in [-0.25, -0.2) is 0 Å². The van der Waals surface area contributed by atoms with Crippen LogP contribution in [0.2, 0.25) is 0 Å². The van der Waals surface area contributed by atoms with Crippen LogP contribution in [0, 0.1) is 17.2 Å². The minimum atomic E-state index is -0.791. The molecule has 0 fully saturated rings. The van der Waals surface area contributed by atoms with Crippen LogP contribution in [0.5, 0.6) is 11.5 Å². The van der Waals surface area contributed by atoms with Crippen molar-refractivity contribution in [3.8, 4) is 17.6 Å². The van der Waals surface area contributed by atoms with Gasteiger partial charge in [-0.3, -0.25) is 4.79 Å². The minimum Gasteiger partial charge on any atom is -0.468 e. The zero-order chi connectivity index (χ0) is 12.3. The second-order valence-corrected chi connectivity index (χ2v) is 3.60. The predicted octanol–water partition coefficient (Wildman–Crippen LogP) is 1.27. The Morgan fingerprint density at radius 2 is 2.29 bits per heavy atom. The van der Waals surface area contributed by atoms with E-state index in [9.17, 15) is 4.79 Å². The Hall–Kier alpha value is -2.22. The maximum atomic E-state index is 11.3. The highest BCUT2D eigenvalue weighted by atomic mass is 16.7. The van der Waals surface area contributed by atoms with Crippen molar-refractivity contribution in [2.75, 3.05) is 13.9 Å². The number of rotatable bonds is 3. The summed E-state index contributed by atoms with van der Waals surface area (Å²) in [5.74, 6) is 0.00918. The summed E-state index contributed by atoms with van der Waals surface area (Å²) in [4.78, 5) is 11.3. The molecule has 5 nitrogen and oxygen atoms in total. The molecule has 5 heteroatoms. The van der Waals surface area contributed by atoms with Crippen LogP contribution in [-0.4, -0.2) is 19.9 Å². The molecule has 88 valence electrons. The Kier molecular flexibility index (Phi) is 3.15. The van der Waals surface area contributed by atoms with E-state index < -0.39 is 11.9 Å². The molecule has 0 spiro atoms. The molecular formula is C12H11NO4. The minimum absolute atomic E-state index is 0.206. The highest BCUT2D eigenvalue weighted by molar-refractivity contribution is 5.75. The molecule has 0 N–H and O–H groups in total. The number of fused-ring (bicyclic) bond motifs is 1. The first kappa shape index (κ1) is 11.3. The van der Waals surface area contributed by atoms with Crippen molar-refractivity contribution in [2.24, 2.45) is 5.92 Å². The Morgan fingerprint density at radius 3 is 3.00 bits per heavy atom. The first-order valence-corrected chi connectivity index (χ1v) is 5.10. The molecule has 0 radical (unpaired) electrons. The standard InChI is InChI=1S/C12H11NO4/c1-15-12(14)9(6-13)4-8-2-3-10-11(5-8)17-7-16-10/h2-3,5,9H,4,7H2,1H3. The highest BCUT2D eigenvalue weighted by Gasteiger charge is 2.20. The number of nitriles is 1. The largest absolute Gasteiger partial charge is 0.468 e. The summed E-state index contributed by atoms with van der Waals surface area (Å²) in [5.41, 5.74) is 0.839. The molecule has 0 saturated heterocycles. The molecule has 1 unspecified atom stereocenters. The van der Waals surface area contributed by atoms with Crippen molar-refractivity contribution in [1.82, 2.24) is 0 Å². The lowest BCUT2D eigenvalue weighted by Crippen LogP contribution is -2.16. The van der Waals surface area contributed by atoms with Crippen LogP contribution < -0.4 is 9.47 Å². The van der Waals surface area contributed by atoms with Crippen molar-refractivity contribution in [1.29, 1.82) is 5.26 Å². The van der Waals surface area contributed by atoms with E-state index in [1.54, 1.807) is 18.2 Å². The van der Waals surface area contributed by atoms with Gasteiger partial charge >= 0.3 is 5.97 Å². The summed E-state index contributed by atoms with van der Waals surface area (Å²) in [7, 11) is 1.27. The van der Waals surface area contributed by atoms with Crippen molar-refractivity contribution in [2.45, 2.75) is 6.42 Å². The van der Waals surface area contributed by atoms with E-state index in [1.807, 2.05) is 6.07 Å². The number of benzene rings is 1. The third kappa shape index (κ3) is 2.31. The second-order valence-electron chi connectivity index (χ2n) is 3.60. The van der Waals surface area contributed by atoms with E-state index in [2.05, 4.69) is 4.74 Å². The van der Waals surface area contributed by atoms with E-state index in [4.69, 9.17) is 14.7 Å². The van der Waals surface area contributed by atoms with Gasteiger partial charge in [0, 0.05) is 0 Å². The number of carbonyl (C=O) groups excluding carboxylic acids is 1. The fraction of sp³-hybridized carbons (Fsp3) is 0.333. The molecule has 1 aromatic rings. The number of methoxy groups -OCH3 is 1. The number of nitrogens with zero attached hydrogens (tertiary/aromatic N) is 1. The summed E-state index contributed by atoms with van der Waals surface area (Å²) in [6.07, 6.45) is 0.305. The van der Waals surface area contributed by atoms with Crippen molar-refractivity contribution >= 4 is 5.97 Å². The Balaban J connectivity index is 2.13. The Bertz CT molecular complexity index is 478. The van der Waals surface area contributed by atoms with Crippen LogP contribution >= 0.6 is 0 Å². The fourth-order valence-electron chi connectivity index (χ4n) is 1.63. The number of esters is 1. The molecular weight excluding hydrogens is 222 g/mol. The average molecular weight is 233 g/mol. The number of carbonyl (C=O) groups is 1. The summed E-state index contributed by atoms with van der Waals surface area (Å²) >= 11 is 0. The van der Waals surface area contributed by atoms with Gasteiger partial charge in [0.25, 0.3) is 0 Å². The smallest absolute Gasteiger partial charge is 0.323 e. The predicted molar refractivity (Wildman–Crippen MR) is 57.4 cm³/mol. The SMILES string of the molecule is COC(=O)C(C#N)Cc1ccc2c(c1)OCO2. The lowest BCUT2D eigenvalue weighted by atomic mass is 10.0. The van der Waals surface area contributed by atoms with Crippen LogP contribution in [0.3, 0.4) is 0 Å². The molecule has 17 heavy (non-hydrogen) atoms. The van der Waals surface area contributed by atoms with E-state index in [0.29, 0.717) is 17.9 Å². The Morgan fingerprint density at radius 1 is 1.53 bits per heavy atom. The lowest BCUT2D eigenvalue weighted by molar-refractivity contribution is -0.143. The van der Waals surface area contributed by atoms with E-state index in [-0.39, 0.29) is 6.79 Å². The van der Waals surface area contributed by atoms with Crippen molar-refractivity contribution in [3.05, 3.63) is 23.8 Å². The van der Waals surface area contributed by atoms with E-state index >= 15 is 0 Å². The number of ether oxygens (including phenoxy) is 3. The topological polar surface area (TPSA) is 68.6 Å². The first-order chi connectivity index (χ1) is 8.24. The van der Waals surface area contributed by atoms with Gasteiger partial charge in [-0.2, -0.15) is 5.26 Å². The molecule has 0 aromatic heterocycles. The summed E-state index contributed by atoms with van der Waals surface area (Å²) in [6, 6.07) is 7.27. The molecule has 1 aromatic carbocycles. The van der Waals surface area contributed by atoms with Crippen molar-refractivity contribution in [3.63, 3.8) is 0 Å². The lowest BCUT2D eigenvalue weighted by Gasteiger charge is -2.07. The normalized spacial score (nSPS) is 13.9. The molecule has 0 aliphatic carbocycles. The monoisotopic (exact) mass is 233 g/mol. The first-order valence-electron chi connectivity index (χ1n) is 5.10. The van der Waals surface area contributed by atoms with Crippen LogP contribution in [0.25, 0.3) is 0 Å². The third-order valence-electron chi connectivity index (χ3n) is 2.52. The van der Waals surface area contributed by atoms with Gasteiger partial charge in [0.1, 0.15) is 5.92 Å². The van der Waals surface area contributed by atoms with Gasteiger partial charge < -0.3 is 14.2 Å². The summed E-state index contributed by atoms with van der Waals surface area (Å²) in [5, 5.41) is 8.88. The van der Waals surface area contributed by atoms with Gasteiger partial charge in [0.15, 0.2) is 11.5 Å². The third-order valence-corrected chi connectivity index (χ3v) is 2.52. The molecule has 1 atom stereocenters. The Labute approximate surface area is 98.5 Å². The maximum absolute atomic E-state index is 11.3. The molecule has 1 heterocycles. The van der Waals surface area contributed by atoms with Gasteiger partial charge in [0.05, 0.1) is 13.2 Å². The zero-order valence-electron chi connectivity index (χ0n) is 9.30. The van der Waals surface area contributed by atoms with Crippen LogP contribution in [0.15, 0.2) is 18.2 Å². The van der Waals surface area contributed by atoms with Crippen LogP contribution in [0.1, 0.15) is 5.56 Å². The quantitative estimate of drug-likeness (QED) is 0.735. The van der Waals surface area contributed by atoms with E-state index in [1.165, 1.54) is 7.11 Å². The van der Waals surface area contributed by atoms with Gasteiger partial charge in [0.2, 0.25) is 6.79 Å². The van der Waals surface area contributed by atoms with Gasteiger partial charge in [-0.05, 0) is 24.1 Å². The molecule has 0 amide bonds. The molecule has 1 aliphatic heterocycles. The van der Waals surface area contributed by atoms with E-state index in [0.717, 1.165) is 5.56 Å². The number of hydrogen-bond acceptors (Lipinski definition) is 5. The zero-order valence-corrected chi connectivity index (χ0v) is 9.30. The average Bonchev–Trinajstić information content (AvgIpc) is 2.82. The molecule has 1 aliphatic rings. The van der Waals surface area contributed by atoms with Crippen LogP contribution in [-0.2, 0) is 16.0 Å².